The number of amides is 1. The van der Waals surface area contributed by atoms with Crippen molar-refractivity contribution < 1.29 is 9.53 Å². The number of carbonyl (C=O) groups excluding carboxylic acids is 1. The molecule has 0 radical (unpaired) electrons. The maximum Gasteiger partial charge on any atom is 0.257 e. The third kappa shape index (κ3) is 5.55. The Kier molecular flexibility index (Phi) is 7.09. The third-order valence-electron chi connectivity index (χ3n) is 6.40. The highest BCUT2D eigenvalue weighted by molar-refractivity contribution is 6.01. The van der Waals surface area contributed by atoms with Gasteiger partial charge in [-0.05, 0) is 60.2 Å². The van der Waals surface area contributed by atoms with E-state index in [1.165, 1.54) is 11.1 Å². The van der Waals surface area contributed by atoms with Gasteiger partial charge >= 0.3 is 0 Å². The molecule has 0 saturated carbocycles. The topological polar surface area (TPSA) is 41.6 Å². The highest BCUT2D eigenvalue weighted by Gasteiger charge is 2.32. The molecular formula is C31H30N2O2. The fraction of sp³-hybridized carbons (Fsp3) is 0.194. The standard InChI is InChI=1S/C31H30N2O2/c34-31-28-18-7-8-19-29(28)32-30(33(31)21-20-25-13-5-2-6-14-25)26-16-9-17-27(23-26)35-22-10-15-24-11-3-1-4-12-24/h1-9,11-14,16-19,23,30,32H,10,15,20-22H2. The van der Waals surface area contributed by atoms with E-state index in [4.69, 9.17) is 4.74 Å². The number of hydrogen-bond donors (Lipinski definition) is 1. The van der Waals surface area contributed by atoms with Gasteiger partial charge in [0.2, 0.25) is 0 Å². The lowest BCUT2D eigenvalue weighted by atomic mass is 10.0. The van der Waals surface area contributed by atoms with E-state index in [0.717, 1.165) is 36.3 Å². The smallest absolute Gasteiger partial charge is 0.257 e. The molecule has 0 fully saturated rings. The van der Waals surface area contributed by atoms with E-state index in [2.05, 4.69) is 53.8 Å². The highest BCUT2D eigenvalue weighted by atomic mass is 16.5. The van der Waals surface area contributed by atoms with Crippen molar-refractivity contribution in [3.8, 4) is 5.75 Å². The predicted octanol–water partition coefficient (Wildman–Crippen LogP) is 6.51. The summed E-state index contributed by atoms with van der Waals surface area (Å²) in [6.07, 6.45) is 2.48. The molecule has 1 heterocycles. The Hall–Kier alpha value is -4.05. The van der Waals surface area contributed by atoms with Gasteiger partial charge in [-0.3, -0.25) is 4.79 Å². The first kappa shape index (κ1) is 22.7. The first-order valence-electron chi connectivity index (χ1n) is 12.2. The van der Waals surface area contributed by atoms with Crippen LogP contribution in [0.15, 0.2) is 109 Å². The van der Waals surface area contributed by atoms with Crippen LogP contribution in [0.3, 0.4) is 0 Å². The van der Waals surface area contributed by atoms with Crippen LogP contribution in [0, 0.1) is 0 Å². The van der Waals surface area contributed by atoms with Crippen LogP contribution < -0.4 is 10.1 Å². The van der Waals surface area contributed by atoms with Crippen LogP contribution in [0.5, 0.6) is 5.75 Å². The third-order valence-corrected chi connectivity index (χ3v) is 6.40. The number of fused-ring (bicyclic) bond motifs is 1. The molecule has 4 nitrogen and oxygen atoms in total. The zero-order valence-electron chi connectivity index (χ0n) is 19.8. The van der Waals surface area contributed by atoms with Gasteiger partial charge in [0.15, 0.2) is 0 Å². The van der Waals surface area contributed by atoms with Crippen LogP contribution in [0.2, 0.25) is 0 Å². The molecule has 0 saturated heterocycles. The average Bonchev–Trinajstić information content (AvgIpc) is 2.92. The summed E-state index contributed by atoms with van der Waals surface area (Å²) in [6, 6.07) is 36.6. The number of anilines is 1. The SMILES string of the molecule is O=C1c2ccccc2NC(c2cccc(OCCCc3ccccc3)c2)N1CCc1ccccc1. The summed E-state index contributed by atoms with van der Waals surface area (Å²) < 4.78 is 6.09. The summed E-state index contributed by atoms with van der Waals surface area (Å²) in [7, 11) is 0. The number of rotatable bonds is 9. The molecular weight excluding hydrogens is 432 g/mol. The van der Waals surface area contributed by atoms with Crippen molar-refractivity contribution in [3.05, 3.63) is 131 Å². The van der Waals surface area contributed by atoms with E-state index in [-0.39, 0.29) is 12.1 Å². The lowest BCUT2D eigenvalue weighted by Gasteiger charge is -2.38. The minimum atomic E-state index is -0.256. The lowest BCUT2D eigenvalue weighted by Crippen LogP contribution is -2.44. The summed E-state index contributed by atoms with van der Waals surface area (Å²) in [6.45, 7) is 1.27. The van der Waals surface area contributed by atoms with Crippen LogP contribution in [-0.2, 0) is 12.8 Å². The van der Waals surface area contributed by atoms with Crippen molar-refractivity contribution in [2.75, 3.05) is 18.5 Å². The van der Waals surface area contributed by atoms with Crippen LogP contribution in [0.25, 0.3) is 0 Å². The number of nitrogens with one attached hydrogen (secondary N) is 1. The van der Waals surface area contributed by atoms with Gasteiger partial charge in [-0.1, -0.05) is 84.9 Å². The van der Waals surface area contributed by atoms with E-state index in [1.54, 1.807) is 0 Å². The predicted molar refractivity (Wildman–Crippen MR) is 141 cm³/mol. The summed E-state index contributed by atoms with van der Waals surface area (Å²) in [5.41, 5.74) is 5.13. The van der Waals surface area contributed by atoms with E-state index in [1.807, 2.05) is 65.6 Å². The first-order chi connectivity index (χ1) is 17.3. The normalized spacial score (nSPS) is 14.8. The molecule has 4 aromatic rings. The molecule has 4 heteroatoms. The zero-order chi connectivity index (χ0) is 23.9. The second-order valence-corrected chi connectivity index (χ2v) is 8.84. The van der Waals surface area contributed by atoms with Gasteiger partial charge in [-0.2, -0.15) is 0 Å². The van der Waals surface area contributed by atoms with Gasteiger partial charge in [0.05, 0.1) is 12.2 Å². The minimum Gasteiger partial charge on any atom is -0.494 e. The summed E-state index contributed by atoms with van der Waals surface area (Å²) >= 11 is 0. The van der Waals surface area contributed by atoms with E-state index in [0.29, 0.717) is 18.7 Å². The van der Waals surface area contributed by atoms with Gasteiger partial charge < -0.3 is 15.0 Å². The molecule has 35 heavy (non-hydrogen) atoms. The van der Waals surface area contributed by atoms with E-state index < -0.39 is 0 Å². The second kappa shape index (κ2) is 10.9. The van der Waals surface area contributed by atoms with E-state index >= 15 is 0 Å². The summed E-state index contributed by atoms with van der Waals surface area (Å²) in [5.74, 6) is 0.876. The lowest BCUT2D eigenvalue weighted by molar-refractivity contribution is 0.0685. The molecule has 1 amide bonds. The molecule has 0 aliphatic carbocycles. The van der Waals surface area contributed by atoms with Crippen molar-refractivity contribution in [1.29, 1.82) is 0 Å². The first-order valence-corrected chi connectivity index (χ1v) is 12.2. The summed E-state index contributed by atoms with van der Waals surface area (Å²) in [5, 5.41) is 3.60. The van der Waals surface area contributed by atoms with Gasteiger partial charge in [-0.15, -0.1) is 0 Å². The van der Waals surface area contributed by atoms with Crippen molar-refractivity contribution in [1.82, 2.24) is 4.90 Å². The number of nitrogens with zero attached hydrogens (tertiary/aromatic N) is 1. The fourth-order valence-electron chi connectivity index (χ4n) is 4.57. The number of carbonyl (C=O) groups is 1. The number of aryl methyl sites for hydroxylation is 1. The Balaban J connectivity index is 1.31. The summed E-state index contributed by atoms with van der Waals surface area (Å²) in [4.78, 5) is 15.4. The molecule has 1 aliphatic heterocycles. The van der Waals surface area contributed by atoms with Crippen molar-refractivity contribution in [3.63, 3.8) is 0 Å². The van der Waals surface area contributed by atoms with Crippen LogP contribution in [0.1, 0.15) is 39.6 Å². The van der Waals surface area contributed by atoms with E-state index in [9.17, 15) is 4.79 Å². The van der Waals surface area contributed by atoms with Crippen LogP contribution >= 0.6 is 0 Å². The largest absolute Gasteiger partial charge is 0.494 e. The molecule has 5 rings (SSSR count). The number of benzene rings is 4. The minimum absolute atomic E-state index is 0.0504. The van der Waals surface area contributed by atoms with Gasteiger partial charge in [-0.25, -0.2) is 0 Å². The maximum atomic E-state index is 13.5. The second-order valence-electron chi connectivity index (χ2n) is 8.84. The van der Waals surface area contributed by atoms with Crippen LogP contribution in [0.4, 0.5) is 5.69 Å². The van der Waals surface area contributed by atoms with Crippen molar-refractivity contribution in [2.45, 2.75) is 25.4 Å². The molecule has 0 bridgehead atoms. The van der Waals surface area contributed by atoms with Gasteiger partial charge in [0.25, 0.3) is 5.91 Å². The van der Waals surface area contributed by atoms with Crippen LogP contribution in [-0.4, -0.2) is 24.0 Å². The molecule has 4 aromatic carbocycles. The molecule has 0 spiro atoms. The molecule has 1 atom stereocenters. The Labute approximate surface area is 207 Å². The zero-order valence-corrected chi connectivity index (χ0v) is 19.8. The Morgan fingerprint density at radius 2 is 1.43 bits per heavy atom. The monoisotopic (exact) mass is 462 g/mol. The molecule has 176 valence electrons. The molecule has 1 unspecified atom stereocenters. The number of para-hydroxylation sites is 1. The van der Waals surface area contributed by atoms with Gasteiger partial charge in [0.1, 0.15) is 11.9 Å². The Morgan fingerprint density at radius 1 is 0.743 bits per heavy atom. The number of ether oxygens (including phenoxy) is 1. The van der Waals surface area contributed by atoms with Gasteiger partial charge in [0, 0.05) is 12.2 Å². The maximum absolute atomic E-state index is 13.5. The van der Waals surface area contributed by atoms with Crippen molar-refractivity contribution in [2.24, 2.45) is 0 Å². The highest BCUT2D eigenvalue weighted by Crippen LogP contribution is 2.34. The molecule has 1 aliphatic rings. The average molecular weight is 463 g/mol. The quantitative estimate of drug-likeness (QED) is 0.288. The fourth-order valence-corrected chi connectivity index (χ4v) is 4.57. The Morgan fingerprint density at radius 3 is 2.20 bits per heavy atom. The molecule has 1 N–H and O–H groups in total. The van der Waals surface area contributed by atoms with Crippen molar-refractivity contribution >= 4 is 11.6 Å². The number of hydrogen-bond acceptors (Lipinski definition) is 3. The molecule has 0 aromatic heterocycles. The Bertz CT molecular complexity index is 1260.